The first-order chi connectivity index (χ1) is 11.6. The van der Waals surface area contributed by atoms with Gasteiger partial charge >= 0.3 is 5.69 Å². The highest BCUT2D eigenvalue weighted by atomic mass is 35.5. The van der Waals surface area contributed by atoms with Gasteiger partial charge in [0, 0.05) is 38.6 Å². The van der Waals surface area contributed by atoms with Crippen molar-refractivity contribution in [3.63, 3.8) is 0 Å². The molecule has 1 aromatic heterocycles. The number of nitrogens with zero attached hydrogens (tertiary/aromatic N) is 3. The van der Waals surface area contributed by atoms with E-state index in [-0.39, 0.29) is 30.0 Å². The zero-order chi connectivity index (χ0) is 17.1. The van der Waals surface area contributed by atoms with Crippen LogP contribution < -0.4 is 11.4 Å². The Morgan fingerprint density at radius 3 is 2.44 bits per heavy atom. The first kappa shape index (κ1) is 19.5. The maximum atomic E-state index is 12.7. The third-order valence-corrected chi connectivity index (χ3v) is 4.73. The van der Waals surface area contributed by atoms with Gasteiger partial charge in [-0.3, -0.25) is 13.9 Å². The average molecular weight is 367 g/mol. The Morgan fingerprint density at radius 2 is 1.84 bits per heavy atom. The van der Waals surface area contributed by atoms with Gasteiger partial charge in [-0.2, -0.15) is 0 Å². The molecule has 1 aliphatic rings. The number of rotatable bonds is 5. The molecule has 2 N–H and O–H groups in total. The first-order valence-corrected chi connectivity index (χ1v) is 8.83. The van der Waals surface area contributed by atoms with E-state index in [2.05, 4.69) is 6.92 Å². The van der Waals surface area contributed by atoms with Gasteiger partial charge in [-0.1, -0.05) is 19.1 Å². The van der Waals surface area contributed by atoms with Gasteiger partial charge in [0.15, 0.2) is 0 Å². The minimum atomic E-state index is -0.0267. The van der Waals surface area contributed by atoms with E-state index in [9.17, 15) is 9.59 Å². The summed E-state index contributed by atoms with van der Waals surface area (Å²) in [6.45, 7) is 4.58. The predicted octanol–water partition coefficient (Wildman–Crippen LogP) is 1.97. The SMILES string of the molecule is CCCn1c(=O)n(CCC(=O)N2CCCC(N)C2)c2ccccc21.Cl. The van der Waals surface area contributed by atoms with Crippen LogP contribution in [0.3, 0.4) is 0 Å². The molecular formula is C18H27ClN4O2. The van der Waals surface area contributed by atoms with Crippen LogP contribution >= 0.6 is 12.4 Å². The zero-order valence-electron chi connectivity index (χ0n) is 14.7. The van der Waals surface area contributed by atoms with E-state index in [1.165, 1.54) is 0 Å². The minimum Gasteiger partial charge on any atom is -0.341 e. The molecule has 0 spiro atoms. The van der Waals surface area contributed by atoms with Crippen molar-refractivity contribution in [3.05, 3.63) is 34.7 Å². The Morgan fingerprint density at radius 1 is 1.20 bits per heavy atom. The van der Waals surface area contributed by atoms with Crippen molar-refractivity contribution in [1.29, 1.82) is 0 Å². The number of amides is 1. The number of carbonyl (C=O) groups excluding carboxylic acids is 1. The Bertz CT molecular complexity index is 783. The summed E-state index contributed by atoms with van der Waals surface area (Å²) >= 11 is 0. The standard InChI is InChI=1S/C18H26N4O2.ClH/c1-2-10-21-15-7-3-4-8-16(15)22(18(21)24)12-9-17(23)20-11-5-6-14(19)13-20;/h3-4,7-8,14H,2,5-6,9-13,19H2,1H3;1H. The van der Waals surface area contributed by atoms with E-state index >= 15 is 0 Å². The van der Waals surface area contributed by atoms with E-state index in [4.69, 9.17) is 5.73 Å². The zero-order valence-corrected chi connectivity index (χ0v) is 15.5. The highest BCUT2D eigenvalue weighted by Crippen LogP contribution is 2.15. The lowest BCUT2D eigenvalue weighted by atomic mass is 10.1. The Labute approximate surface area is 154 Å². The largest absolute Gasteiger partial charge is 0.341 e. The molecule has 0 radical (unpaired) electrons. The van der Waals surface area contributed by atoms with Crippen molar-refractivity contribution in [2.24, 2.45) is 5.73 Å². The van der Waals surface area contributed by atoms with Crippen LogP contribution in [0.4, 0.5) is 0 Å². The quantitative estimate of drug-likeness (QED) is 0.879. The average Bonchev–Trinajstić information content (AvgIpc) is 2.85. The molecule has 0 saturated carbocycles. The number of hydrogen-bond acceptors (Lipinski definition) is 3. The van der Waals surface area contributed by atoms with Crippen molar-refractivity contribution in [2.75, 3.05) is 13.1 Å². The molecule has 2 aromatic rings. The molecule has 1 atom stereocenters. The maximum absolute atomic E-state index is 12.7. The number of para-hydroxylation sites is 2. The van der Waals surface area contributed by atoms with Gasteiger partial charge < -0.3 is 10.6 Å². The van der Waals surface area contributed by atoms with Crippen LogP contribution in [0.2, 0.25) is 0 Å². The fourth-order valence-corrected chi connectivity index (χ4v) is 3.53. The number of imidazole rings is 1. The topological polar surface area (TPSA) is 73.3 Å². The second-order valence-corrected chi connectivity index (χ2v) is 6.57. The molecule has 1 aliphatic heterocycles. The minimum absolute atomic E-state index is 0. The Balaban J connectivity index is 0.00000225. The van der Waals surface area contributed by atoms with Crippen LogP contribution in [0.15, 0.2) is 29.1 Å². The number of aryl methyl sites for hydroxylation is 2. The third kappa shape index (κ3) is 4.07. The van der Waals surface area contributed by atoms with Crippen molar-refractivity contribution in [1.82, 2.24) is 14.0 Å². The van der Waals surface area contributed by atoms with Crippen LogP contribution in [0.5, 0.6) is 0 Å². The number of aromatic nitrogens is 2. The maximum Gasteiger partial charge on any atom is 0.329 e. The second-order valence-electron chi connectivity index (χ2n) is 6.57. The molecule has 1 saturated heterocycles. The summed E-state index contributed by atoms with van der Waals surface area (Å²) in [4.78, 5) is 27.0. The van der Waals surface area contributed by atoms with Gasteiger partial charge in [0.25, 0.3) is 0 Å². The Kier molecular flexibility index (Phi) is 6.67. The summed E-state index contributed by atoms with van der Waals surface area (Å²) in [6, 6.07) is 7.87. The predicted molar refractivity (Wildman–Crippen MR) is 102 cm³/mol. The third-order valence-electron chi connectivity index (χ3n) is 4.73. The number of benzene rings is 1. The molecule has 1 amide bonds. The second kappa shape index (κ2) is 8.54. The lowest BCUT2D eigenvalue weighted by Gasteiger charge is -2.30. The molecule has 138 valence electrons. The van der Waals surface area contributed by atoms with Gasteiger partial charge in [0.1, 0.15) is 0 Å². The molecule has 2 heterocycles. The summed E-state index contributed by atoms with van der Waals surface area (Å²) in [5, 5.41) is 0. The molecule has 7 heteroatoms. The molecule has 1 fully saturated rings. The molecule has 1 unspecified atom stereocenters. The lowest BCUT2D eigenvalue weighted by Crippen LogP contribution is -2.46. The molecule has 6 nitrogen and oxygen atoms in total. The normalized spacial score (nSPS) is 17.5. The van der Waals surface area contributed by atoms with E-state index in [0.29, 0.717) is 26.1 Å². The number of fused-ring (bicyclic) bond motifs is 1. The monoisotopic (exact) mass is 366 g/mol. The van der Waals surface area contributed by atoms with E-state index in [0.717, 1.165) is 36.8 Å². The number of nitrogens with two attached hydrogens (primary N) is 1. The number of piperidine rings is 1. The van der Waals surface area contributed by atoms with Crippen molar-refractivity contribution >= 4 is 29.3 Å². The van der Waals surface area contributed by atoms with Crippen LogP contribution in [-0.4, -0.2) is 39.1 Å². The van der Waals surface area contributed by atoms with Crippen LogP contribution in [0, 0.1) is 0 Å². The summed E-state index contributed by atoms with van der Waals surface area (Å²) in [6.07, 6.45) is 3.18. The van der Waals surface area contributed by atoms with E-state index < -0.39 is 0 Å². The molecule has 25 heavy (non-hydrogen) atoms. The highest BCUT2D eigenvalue weighted by Gasteiger charge is 2.21. The fraction of sp³-hybridized carbons (Fsp3) is 0.556. The molecular weight excluding hydrogens is 340 g/mol. The molecule has 0 bridgehead atoms. The van der Waals surface area contributed by atoms with Gasteiger partial charge in [-0.25, -0.2) is 4.79 Å². The summed E-state index contributed by atoms with van der Waals surface area (Å²) in [5.74, 6) is 0.0874. The van der Waals surface area contributed by atoms with Crippen LogP contribution in [0.25, 0.3) is 11.0 Å². The molecule has 1 aromatic carbocycles. The fourth-order valence-electron chi connectivity index (χ4n) is 3.53. The van der Waals surface area contributed by atoms with Gasteiger partial charge in [0.05, 0.1) is 11.0 Å². The van der Waals surface area contributed by atoms with Crippen LogP contribution in [-0.2, 0) is 17.9 Å². The van der Waals surface area contributed by atoms with Crippen molar-refractivity contribution in [3.8, 4) is 0 Å². The summed E-state index contributed by atoms with van der Waals surface area (Å²) in [5.41, 5.74) is 7.77. The summed E-state index contributed by atoms with van der Waals surface area (Å²) in [7, 11) is 0. The first-order valence-electron chi connectivity index (χ1n) is 8.83. The van der Waals surface area contributed by atoms with Gasteiger partial charge in [-0.15, -0.1) is 12.4 Å². The molecule has 0 aliphatic carbocycles. The number of likely N-dealkylation sites (tertiary alicyclic amines) is 1. The van der Waals surface area contributed by atoms with Crippen LogP contribution in [0.1, 0.15) is 32.6 Å². The Hall–Kier alpha value is -1.79. The lowest BCUT2D eigenvalue weighted by molar-refractivity contribution is -0.132. The highest BCUT2D eigenvalue weighted by molar-refractivity contribution is 5.85. The van der Waals surface area contributed by atoms with E-state index in [1.807, 2.05) is 29.2 Å². The van der Waals surface area contributed by atoms with Gasteiger partial charge in [-0.05, 0) is 31.4 Å². The van der Waals surface area contributed by atoms with Gasteiger partial charge in [0.2, 0.25) is 5.91 Å². The van der Waals surface area contributed by atoms with Crippen molar-refractivity contribution in [2.45, 2.75) is 51.7 Å². The summed E-state index contributed by atoms with van der Waals surface area (Å²) < 4.78 is 3.53. The van der Waals surface area contributed by atoms with E-state index in [1.54, 1.807) is 9.13 Å². The smallest absolute Gasteiger partial charge is 0.329 e. The number of hydrogen-bond donors (Lipinski definition) is 1. The van der Waals surface area contributed by atoms with Crippen molar-refractivity contribution < 1.29 is 4.79 Å². The number of carbonyl (C=O) groups is 1. The number of halogens is 1. The molecule has 3 rings (SSSR count).